The van der Waals surface area contributed by atoms with Crippen molar-refractivity contribution >= 4 is 15.9 Å². The van der Waals surface area contributed by atoms with Gasteiger partial charge in [0.15, 0.2) is 0 Å². The second kappa shape index (κ2) is 4.66. The third-order valence-electron chi connectivity index (χ3n) is 2.90. The number of hydrogen-bond donors (Lipinski definition) is 1. The molecule has 0 unspecified atom stereocenters. The second-order valence-corrected chi connectivity index (χ2v) is 5.30. The Hall–Kier alpha value is -1.07. The van der Waals surface area contributed by atoms with Crippen LogP contribution < -0.4 is 5.32 Å². The molecule has 4 nitrogen and oxygen atoms in total. The van der Waals surface area contributed by atoms with Crippen LogP contribution in [0.1, 0.15) is 24.2 Å². The highest BCUT2D eigenvalue weighted by Gasteiger charge is 2.20. The minimum Gasteiger partial charge on any atom is -0.467 e. The van der Waals surface area contributed by atoms with Crippen LogP contribution in [0.15, 0.2) is 33.6 Å². The third-order valence-corrected chi connectivity index (χ3v) is 3.31. The van der Waals surface area contributed by atoms with Crippen molar-refractivity contribution in [2.24, 2.45) is 0 Å². The van der Waals surface area contributed by atoms with E-state index in [0.29, 0.717) is 6.54 Å². The fourth-order valence-electron chi connectivity index (χ4n) is 1.78. The molecule has 0 spiro atoms. The lowest BCUT2D eigenvalue weighted by Gasteiger charge is -2.04. The Morgan fingerprint density at radius 3 is 3.12 bits per heavy atom. The van der Waals surface area contributed by atoms with Gasteiger partial charge in [-0.25, -0.2) is 0 Å². The first kappa shape index (κ1) is 11.0. The molecule has 0 aliphatic heterocycles. The van der Waals surface area contributed by atoms with E-state index in [1.54, 1.807) is 12.5 Å². The van der Waals surface area contributed by atoms with Crippen molar-refractivity contribution in [3.63, 3.8) is 0 Å². The van der Waals surface area contributed by atoms with Crippen LogP contribution in [0.4, 0.5) is 0 Å². The third kappa shape index (κ3) is 2.79. The fraction of sp³-hybridized carbons (Fsp3) is 0.417. The predicted molar refractivity (Wildman–Crippen MR) is 67.6 cm³/mol. The largest absolute Gasteiger partial charge is 0.467 e. The number of aromatic nitrogens is 2. The SMILES string of the molecule is Brc1cnn(Cc2occc2CNC2CC2)c1. The first-order chi connectivity index (χ1) is 8.31. The molecule has 3 rings (SSSR count). The van der Waals surface area contributed by atoms with Crippen molar-refractivity contribution in [2.45, 2.75) is 32.0 Å². The molecule has 17 heavy (non-hydrogen) atoms. The quantitative estimate of drug-likeness (QED) is 0.922. The molecule has 1 aliphatic rings. The molecule has 2 aromatic heterocycles. The van der Waals surface area contributed by atoms with Crippen molar-refractivity contribution in [3.8, 4) is 0 Å². The van der Waals surface area contributed by atoms with Crippen LogP contribution in [0.25, 0.3) is 0 Å². The summed E-state index contributed by atoms with van der Waals surface area (Å²) in [6.45, 7) is 1.57. The summed E-state index contributed by atoms with van der Waals surface area (Å²) in [6, 6.07) is 2.75. The lowest BCUT2D eigenvalue weighted by Crippen LogP contribution is -2.16. The van der Waals surface area contributed by atoms with Gasteiger partial charge in [0.05, 0.1) is 23.5 Å². The van der Waals surface area contributed by atoms with E-state index < -0.39 is 0 Å². The standard InChI is InChI=1S/C12H14BrN3O/c13-10-6-15-16(7-10)8-12-9(3-4-17-12)5-14-11-1-2-11/h3-4,6-7,11,14H,1-2,5,8H2. The normalized spacial score (nSPS) is 15.4. The topological polar surface area (TPSA) is 43.0 Å². The Bertz CT molecular complexity index is 501. The van der Waals surface area contributed by atoms with Gasteiger partial charge in [-0.05, 0) is 34.8 Å². The zero-order valence-electron chi connectivity index (χ0n) is 9.40. The van der Waals surface area contributed by atoms with E-state index >= 15 is 0 Å². The maximum absolute atomic E-state index is 5.51. The second-order valence-electron chi connectivity index (χ2n) is 4.38. The van der Waals surface area contributed by atoms with E-state index in [2.05, 4.69) is 26.3 Å². The first-order valence-electron chi connectivity index (χ1n) is 5.78. The average Bonchev–Trinajstić information content (AvgIpc) is 2.90. The zero-order valence-corrected chi connectivity index (χ0v) is 11.0. The molecule has 1 aliphatic carbocycles. The predicted octanol–water partition coefficient (Wildman–Crippen LogP) is 2.54. The highest BCUT2D eigenvalue weighted by Crippen LogP contribution is 2.20. The van der Waals surface area contributed by atoms with Gasteiger partial charge in [0.2, 0.25) is 0 Å². The van der Waals surface area contributed by atoms with Gasteiger partial charge in [-0.3, -0.25) is 4.68 Å². The summed E-state index contributed by atoms with van der Waals surface area (Å²) in [5, 5.41) is 7.72. The Labute approximate surface area is 108 Å². The van der Waals surface area contributed by atoms with Gasteiger partial charge in [-0.1, -0.05) is 0 Å². The molecule has 0 bridgehead atoms. The number of furan rings is 1. The molecule has 2 aromatic rings. The Morgan fingerprint density at radius 1 is 1.53 bits per heavy atom. The molecule has 5 heteroatoms. The minimum absolute atomic E-state index is 0.681. The summed E-state index contributed by atoms with van der Waals surface area (Å²) in [4.78, 5) is 0. The number of halogens is 1. The van der Waals surface area contributed by atoms with Crippen LogP contribution >= 0.6 is 15.9 Å². The average molecular weight is 296 g/mol. The van der Waals surface area contributed by atoms with E-state index in [4.69, 9.17) is 4.42 Å². The maximum Gasteiger partial charge on any atom is 0.129 e. The Morgan fingerprint density at radius 2 is 2.41 bits per heavy atom. The summed E-state index contributed by atoms with van der Waals surface area (Å²) in [7, 11) is 0. The summed E-state index contributed by atoms with van der Waals surface area (Å²) >= 11 is 3.39. The first-order valence-corrected chi connectivity index (χ1v) is 6.57. The van der Waals surface area contributed by atoms with Crippen LogP contribution in [0.5, 0.6) is 0 Å². The van der Waals surface area contributed by atoms with Crippen molar-refractivity contribution in [1.29, 1.82) is 0 Å². The van der Waals surface area contributed by atoms with Crippen LogP contribution in [0.2, 0.25) is 0 Å². The van der Waals surface area contributed by atoms with Gasteiger partial charge in [0.25, 0.3) is 0 Å². The number of nitrogens with zero attached hydrogens (tertiary/aromatic N) is 2. The van der Waals surface area contributed by atoms with E-state index in [9.17, 15) is 0 Å². The number of rotatable bonds is 5. The molecular formula is C12H14BrN3O. The highest BCUT2D eigenvalue weighted by atomic mass is 79.9. The lowest BCUT2D eigenvalue weighted by molar-refractivity contribution is 0.472. The summed E-state index contributed by atoms with van der Waals surface area (Å²) < 4.78 is 8.37. The van der Waals surface area contributed by atoms with Crippen LogP contribution in [-0.2, 0) is 13.1 Å². The molecule has 2 heterocycles. The lowest BCUT2D eigenvalue weighted by atomic mass is 10.2. The van der Waals surface area contributed by atoms with E-state index in [0.717, 1.165) is 22.8 Å². The van der Waals surface area contributed by atoms with E-state index in [1.165, 1.54) is 18.4 Å². The maximum atomic E-state index is 5.51. The van der Waals surface area contributed by atoms with Crippen molar-refractivity contribution in [2.75, 3.05) is 0 Å². The summed E-state index contributed by atoms with van der Waals surface area (Å²) in [5.41, 5.74) is 1.23. The van der Waals surface area contributed by atoms with Crippen LogP contribution in [0, 0.1) is 0 Å². The summed E-state index contributed by atoms with van der Waals surface area (Å²) in [6.07, 6.45) is 8.09. The van der Waals surface area contributed by atoms with Crippen molar-refractivity contribution < 1.29 is 4.42 Å². The molecule has 0 radical (unpaired) electrons. The molecule has 1 saturated carbocycles. The Kier molecular flexibility index (Phi) is 3.03. The van der Waals surface area contributed by atoms with Crippen molar-refractivity contribution in [3.05, 3.63) is 40.5 Å². The van der Waals surface area contributed by atoms with Crippen molar-refractivity contribution in [1.82, 2.24) is 15.1 Å². The molecular weight excluding hydrogens is 282 g/mol. The molecule has 1 N–H and O–H groups in total. The monoisotopic (exact) mass is 295 g/mol. The number of nitrogens with one attached hydrogen (secondary N) is 1. The smallest absolute Gasteiger partial charge is 0.129 e. The molecule has 0 atom stereocenters. The van der Waals surface area contributed by atoms with Gasteiger partial charge in [0, 0.05) is 24.3 Å². The molecule has 90 valence electrons. The molecule has 1 fully saturated rings. The minimum atomic E-state index is 0.681. The number of hydrogen-bond acceptors (Lipinski definition) is 3. The van der Waals surface area contributed by atoms with Gasteiger partial charge in [-0.2, -0.15) is 5.10 Å². The molecule has 0 amide bonds. The molecule has 0 saturated heterocycles. The van der Waals surface area contributed by atoms with Crippen LogP contribution in [-0.4, -0.2) is 15.8 Å². The van der Waals surface area contributed by atoms with Gasteiger partial charge in [-0.15, -0.1) is 0 Å². The van der Waals surface area contributed by atoms with Gasteiger partial charge >= 0.3 is 0 Å². The molecule has 0 aromatic carbocycles. The van der Waals surface area contributed by atoms with Gasteiger partial charge in [0.1, 0.15) is 5.76 Å². The van der Waals surface area contributed by atoms with E-state index in [1.807, 2.05) is 16.9 Å². The Balaban J connectivity index is 1.67. The summed E-state index contributed by atoms with van der Waals surface area (Å²) in [5.74, 6) is 0.980. The highest BCUT2D eigenvalue weighted by molar-refractivity contribution is 9.10. The van der Waals surface area contributed by atoms with E-state index in [-0.39, 0.29) is 0 Å². The fourth-order valence-corrected chi connectivity index (χ4v) is 2.10. The van der Waals surface area contributed by atoms with Gasteiger partial charge < -0.3 is 9.73 Å². The zero-order chi connectivity index (χ0) is 11.7. The van der Waals surface area contributed by atoms with Crippen LogP contribution in [0.3, 0.4) is 0 Å².